The van der Waals surface area contributed by atoms with Crippen LogP contribution in [-0.4, -0.2) is 31.3 Å². The number of carbonyl (C=O) groups is 1. The van der Waals surface area contributed by atoms with Gasteiger partial charge in [0.15, 0.2) is 0 Å². The third kappa shape index (κ3) is 5.19. The van der Waals surface area contributed by atoms with Gasteiger partial charge in [0, 0.05) is 18.5 Å². The molecule has 0 aliphatic carbocycles. The summed E-state index contributed by atoms with van der Waals surface area (Å²) in [6.45, 7) is 5.47. The van der Waals surface area contributed by atoms with E-state index in [-0.39, 0.29) is 24.4 Å². The molecule has 2 atom stereocenters. The lowest BCUT2D eigenvalue weighted by Gasteiger charge is -2.17. The number of nitrogens with one attached hydrogen (secondary N) is 1. The Morgan fingerprint density at radius 3 is 2.95 bits per heavy atom. The first kappa shape index (κ1) is 17.8. The maximum atomic E-state index is 11.5. The molecule has 6 heteroatoms. The lowest BCUT2D eigenvalue weighted by molar-refractivity contribution is -0.122. The van der Waals surface area contributed by atoms with E-state index in [1.54, 1.807) is 6.92 Å². The number of aryl methyl sites for hydroxylation is 1. The molecule has 0 radical (unpaired) electrons. The minimum absolute atomic E-state index is 0. The van der Waals surface area contributed by atoms with E-state index < -0.39 is 6.04 Å². The maximum absolute atomic E-state index is 11.5. The summed E-state index contributed by atoms with van der Waals surface area (Å²) in [5, 5.41) is 2.81. The summed E-state index contributed by atoms with van der Waals surface area (Å²) in [6, 6.07) is 5.46. The predicted molar refractivity (Wildman–Crippen MR) is 83.8 cm³/mol. The van der Waals surface area contributed by atoms with Gasteiger partial charge in [0.1, 0.15) is 11.9 Å². The van der Waals surface area contributed by atoms with Gasteiger partial charge in [0.05, 0.1) is 19.3 Å². The number of hydrogen-bond donors (Lipinski definition) is 2. The van der Waals surface area contributed by atoms with Gasteiger partial charge < -0.3 is 20.5 Å². The third-order valence-electron chi connectivity index (χ3n) is 3.27. The van der Waals surface area contributed by atoms with Gasteiger partial charge in [0.2, 0.25) is 5.91 Å². The van der Waals surface area contributed by atoms with E-state index >= 15 is 0 Å². The number of benzene rings is 1. The van der Waals surface area contributed by atoms with Crippen LogP contribution in [0.15, 0.2) is 18.2 Å². The monoisotopic (exact) mass is 314 g/mol. The van der Waals surface area contributed by atoms with Crippen molar-refractivity contribution in [3.8, 4) is 5.75 Å². The number of amides is 1. The highest BCUT2D eigenvalue weighted by atomic mass is 35.5. The number of halogens is 1. The van der Waals surface area contributed by atoms with Crippen LogP contribution in [0.3, 0.4) is 0 Å². The van der Waals surface area contributed by atoms with Crippen LogP contribution in [0, 0.1) is 6.92 Å². The van der Waals surface area contributed by atoms with Crippen molar-refractivity contribution in [3.63, 3.8) is 0 Å². The van der Waals surface area contributed by atoms with Gasteiger partial charge in [-0.1, -0.05) is 12.1 Å². The molecule has 1 amide bonds. The molecule has 1 unspecified atom stereocenters. The highest BCUT2D eigenvalue weighted by molar-refractivity contribution is 5.85. The standard InChI is InChI=1S/C15H22N2O3.ClH/c1-10-3-4-12(8-17-15(18)11(2)16)14(7-10)20-13-5-6-19-9-13;/h3-4,7,11,13H,5-6,8-9,16H2,1-2H3,(H,17,18);1H/t11-,13?;/m1./s1. The molecule has 1 heterocycles. The fourth-order valence-corrected chi connectivity index (χ4v) is 2.05. The zero-order valence-corrected chi connectivity index (χ0v) is 13.2. The molecule has 1 aromatic carbocycles. The van der Waals surface area contributed by atoms with Crippen molar-refractivity contribution in [1.82, 2.24) is 5.32 Å². The second-order valence-electron chi connectivity index (χ2n) is 5.22. The van der Waals surface area contributed by atoms with Crippen molar-refractivity contribution in [2.45, 2.75) is 39.0 Å². The molecule has 0 bridgehead atoms. The van der Waals surface area contributed by atoms with Crippen LogP contribution in [0.25, 0.3) is 0 Å². The van der Waals surface area contributed by atoms with Gasteiger partial charge >= 0.3 is 0 Å². The Morgan fingerprint density at radius 1 is 1.57 bits per heavy atom. The normalized spacial score (nSPS) is 18.7. The van der Waals surface area contributed by atoms with Gasteiger partial charge in [-0.25, -0.2) is 0 Å². The summed E-state index contributed by atoms with van der Waals surface area (Å²) in [6.07, 6.45) is 0.999. The minimum Gasteiger partial charge on any atom is -0.488 e. The summed E-state index contributed by atoms with van der Waals surface area (Å²) in [7, 11) is 0. The Hall–Kier alpha value is -1.30. The van der Waals surface area contributed by atoms with Gasteiger partial charge in [-0.05, 0) is 25.5 Å². The number of carbonyl (C=O) groups excluding carboxylic acids is 1. The molecule has 118 valence electrons. The second kappa shape index (κ2) is 8.22. The summed E-state index contributed by atoms with van der Waals surface area (Å²) >= 11 is 0. The molecule has 0 spiro atoms. The number of rotatable bonds is 5. The first-order valence-electron chi connectivity index (χ1n) is 6.93. The lowest BCUT2D eigenvalue weighted by atomic mass is 10.1. The fraction of sp³-hybridized carbons (Fsp3) is 0.533. The van der Waals surface area contributed by atoms with Crippen molar-refractivity contribution in [1.29, 1.82) is 0 Å². The van der Waals surface area contributed by atoms with Crippen LogP contribution in [0.5, 0.6) is 5.75 Å². The topological polar surface area (TPSA) is 73.6 Å². The summed E-state index contributed by atoms with van der Waals surface area (Å²) in [5.41, 5.74) is 7.62. The first-order valence-corrected chi connectivity index (χ1v) is 6.93. The van der Waals surface area contributed by atoms with E-state index in [1.165, 1.54) is 0 Å². The molecule has 3 N–H and O–H groups in total. The van der Waals surface area contributed by atoms with Crippen molar-refractivity contribution in [2.75, 3.05) is 13.2 Å². The zero-order valence-electron chi connectivity index (χ0n) is 12.4. The van der Waals surface area contributed by atoms with E-state index in [4.69, 9.17) is 15.2 Å². The number of nitrogens with two attached hydrogens (primary N) is 1. The summed E-state index contributed by atoms with van der Waals surface area (Å²) in [4.78, 5) is 11.5. The van der Waals surface area contributed by atoms with Crippen molar-refractivity contribution < 1.29 is 14.3 Å². The molecule has 1 aliphatic rings. The summed E-state index contributed by atoms with van der Waals surface area (Å²) < 4.78 is 11.3. The molecule has 5 nitrogen and oxygen atoms in total. The van der Waals surface area contributed by atoms with E-state index in [1.807, 2.05) is 25.1 Å². The van der Waals surface area contributed by atoms with E-state index in [2.05, 4.69) is 5.32 Å². The van der Waals surface area contributed by atoms with Gasteiger partial charge in [-0.2, -0.15) is 0 Å². The Morgan fingerprint density at radius 2 is 2.33 bits per heavy atom. The molecular weight excluding hydrogens is 292 g/mol. The number of hydrogen-bond acceptors (Lipinski definition) is 4. The molecule has 1 aliphatic heterocycles. The van der Waals surface area contributed by atoms with Crippen LogP contribution < -0.4 is 15.8 Å². The molecule has 0 aromatic heterocycles. The van der Waals surface area contributed by atoms with Crippen molar-refractivity contribution >= 4 is 18.3 Å². The zero-order chi connectivity index (χ0) is 14.5. The largest absolute Gasteiger partial charge is 0.488 e. The lowest BCUT2D eigenvalue weighted by Crippen LogP contribution is -2.37. The fourth-order valence-electron chi connectivity index (χ4n) is 2.05. The second-order valence-corrected chi connectivity index (χ2v) is 5.22. The van der Waals surface area contributed by atoms with Crippen LogP contribution in [0.1, 0.15) is 24.5 Å². The molecule has 1 fully saturated rings. The third-order valence-corrected chi connectivity index (χ3v) is 3.27. The highest BCUT2D eigenvalue weighted by Crippen LogP contribution is 2.23. The van der Waals surface area contributed by atoms with Gasteiger partial charge in [-0.15, -0.1) is 12.4 Å². The highest BCUT2D eigenvalue weighted by Gasteiger charge is 2.19. The quantitative estimate of drug-likeness (QED) is 0.865. The van der Waals surface area contributed by atoms with Crippen LogP contribution in [0.2, 0.25) is 0 Å². The Balaban J connectivity index is 0.00000220. The van der Waals surface area contributed by atoms with Crippen LogP contribution in [0.4, 0.5) is 0 Å². The van der Waals surface area contributed by atoms with Crippen molar-refractivity contribution in [3.05, 3.63) is 29.3 Å². The number of ether oxygens (including phenoxy) is 2. The average molecular weight is 315 g/mol. The summed E-state index contributed by atoms with van der Waals surface area (Å²) in [5.74, 6) is 0.645. The predicted octanol–water partition coefficient (Wildman–Crippen LogP) is 1.55. The Kier molecular flexibility index (Phi) is 6.95. The van der Waals surface area contributed by atoms with E-state index in [0.717, 1.165) is 29.9 Å². The molecular formula is C15H23ClN2O3. The minimum atomic E-state index is -0.506. The maximum Gasteiger partial charge on any atom is 0.236 e. The Bertz CT molecular complexity index is 474. The van der Waals surface area contributed by atoms with Crippen LogP contribution in [-0.2, 0) is 16.1 Å². The smallest absolute Gasteiger partial charge is 0.236 e. The molecule has 21 heavy (non-hydrogen) atoms. The van der Waals surface area contributed by atoms with Crippen LogP contribution >= 0.6 is 12.4 Å². The SMILES string of the molecule is Cc1ccc(CNC(=O)[C@@H](C)N)c(OC2CCOC2)c1.Cl. The van der Waals surface area contributed by atoms with E-state index in [9.17, 15) is 4.79 Å². The Labute approximate surface area is 131 Å². The van der Waals surface area contributed by atoms with Gasteiger partial charge in [0.25, 0.3) is 0 Å². The molecule has 1 aromatic rings. The molecule has 0 saturated carbocycles. The average Bonchev–Trinajstić information content (AvgIpc) is 2.90. The van der Waals surface area contributed by atoms with Crippen molar-refractivity contribution in [2.24, 2.45) is 5.73 Å². The first-order chi connectivity index (χ1) is 9.56. The molecule has 1 saturated heterocycles. The van der Waals surface area contributed by atoms with Gasteiger partial charge in [-0.3, -0.25) is 4.79 Å². The van der Waals surface area contributed by atoms with E-state index in [0.29, 0.717) is 13.2 Å². The molecule has 2 rings (SSSR count).